The number of hydrogen-bond acceptors (Lipinski definition) is 1. The van der Waals surface area contributed by atoms with E-state index in [2.05, 4.69) is 6.07 Å². The number of amides is 1. The molecule has 3 rings (SSSR count). The number of benzene rings is 1. The first-order valence-corrected chi connectivity index (χ1v) is 5.66. The van der Waals surface area contributed by atoms with Crippen LogP contribution in [0.25, 0.3) is 0 Å². The fourth-order valence-corrected chi connectivity index (χ4v) is 2.80. The standard InChI is InChI=1S/C13H15NO/c1-14-8-12-10-5-3-2-4-9(10)6-7-11(12)13(14)15/h6-7H,2-5,8H2,1H3. The van der Waals surface area contributed by atoms with E-state index in [1.165, 1.54) is 42.4 Å². The summed E-state index contributed by atoms with van der Waals surface area (Å²) in [7, 11) is 1.89. The Hall–Kier alpha value is -1.31. The molecule has 1 amide bonds. The number of rotatable bonds is 0. The predicted octanol–water partition coefficient (Wildman–Crippen LogP) is 2.15. The van der Waals surface area contributed by atoms with Gasteiger partial charge in [0, 0.05) is 19.2 Å². The van der Waals surface area contributed by atoms with Crippen LogP contribution in [0.5, 0.6) is 0 Å². The molecule has 0 spiro atoms. The van der Waals surface area contributed by atoms with Gasteiger partial charge in [0.2, 0.25) is 0 Å². The van der Waals surface area contributed by atoms with Crippen LogP contribution in [0.15, 0.2) is 12.1 Å². The number of hydrogen-bond donors (Lipinski definition) is 0. The monoisotopic (exact) mass is 201 g/mol. The molecule has 1 aliphatic heterocycles. The van der Waals surface area contributed by atoms with E-state index in [0.29, 0.717) is 0 Å². The van der Waals surface area contributed by atoms with Crippen molar-refractivity contribution in [2.75, 3.05) is 7.05 Å². The molecule has 0 N–H and O–H groups in total. The van der Waals surface area contributed by atoms with Crippen LogP contribution in [0.3, 0.4) is 0 Å². The van der Waals surface area contributed by atoms with Crippen LogP contribution in [0, 0.1) is 0 Å². The first-order valence-electron chi connectivity index (χ1n) is 5.66. The highest BCUT2D eigenvalue weighted by Gasteiger charge is 2.28. The highest BCUT2D eigenvalue weighted by molar-refractivity contribution is 5.98. The molecule has 1 aromatic rings. The summed E-state index contributed by atoms with van der Waals surface area (Å²) in [6, 6.07) is 4.18. The molecule has 0 bridgehead atoms. The molecule has 2 heteroatoms. The Morgan fingerprint density at radius 1 is 1.13 bits per heavy atom. The zero-order valence-electron chi connectivity index (χ0n) is 9.05. The van der Waals surface area contributed by atoms with Crippen LogP contribution in [0.1, 0.15) is 39.9 Å². The van der Waals surface area contributed by atoms with Crippen molar-refractivity contribution in [3.63, 3.8) is 0 Å². The maximum Gasteiger partial charge on any atom is 0.254 e. The minimum absolute atomic E-state index is 0.193. The molecule has 1 heterocycles. The lowest BCUT2D eigenvalue weighted by molar-refractivity contribution is 0.0816. The summed E-state index contributed by atoms with van der Waals surface area (Å²) in [6.45, 7) is 0.817. The summed E-state index contributed by atoms with van der Waals surface area (Å²) in [5.41, 5.74) is 5.19. The summed E-state index contributed by atoms with van der Waals surface area (Å²) in [6.07, 6.45) is 4.94. The van der Waals surface area contributed by atoms with Gasteiger partial charge in [-0.3, -0.25) is 4.79 Å². The van der Waals surface area contributed by atoms with Crippen molar-refractivity contribution >= 4 is 5.91 Å². The van der Waals surface area contributed by atoms with E-state index < -0.39 is 0 Å². The molecule has 0 radical (unpaired) electrons. The quantitative estimate of drug-likeness (QED) is 0.630. The summed E-state index contributed by atoms with van der Waals surface area (Å²) >= 11 is 0. The minimum Gasteiger partial charge on any atom is -0.337 e. The SMILES string of the molecule is CN1Cc2c(ccc3c2CCCC3)C1=O. The maximum absolute atomic E-state index is 11.8. The normalized spacial score (nSPS) is 19.0. The van der Waals surface area contributed by atoms with Gasteiger partial charge in [-0.2, -0.15) is 0 Å². The van der Waals surface area contributed by atoms with Crippen molar-refractivity contribution in [2.45, 2.75) is 32.2 Å². The molecule has 0 saturated carbocycles. The van der Waals surface area contributed by atoms with Crippen LogP contribution in [0.4, 0.5) is 0 Å². The van der Waals surface area contributed by atoms with Gasteiger partial charge in [-0.1, -0.05) is 6.07 Å². The van der Waals surface area contributed by atoms with Crippen LogP contribution in [-0.4, -0.2) is 17.9 Å². The molecule has 0 unspecified atom stereocenters. The van der Waals surface area contributed by atoms with E-state index in [1.54, 1.807) is 0 Å². The highest BCUT2D eigenvalue weighted by atomic mass is 16.2. The Morgan fingerprint density at radius 3 is 2.80 bits per heavy atom. The van der Waals surface area contributed by atoms with Gasteiger partial charge in [0.15, 0.2) is 0 Å². The van der Waals surface area contributed by atoms with Gasteiger partial charge in [-0.05, 0) is 48.4 Å². The van der Waals surface area contributed by atoms with Crippen LogP contribution >= 0.6 is 0 Å². The molecule has 0 atom stereocenters. The molecule has 78 valence electrons. The Bertz CT molecular complexity index is 436. The van der Waals surface area contributed by atoms with Gasteiger partial charge in [-0.15, -0.1) is 0 Å². The summed E-state index contributed by atoms with van der Waals surface area (Å²) < 4.78 is 0. The topological polar surface area (TPSA) is 20.3 Å². The highest BCUT2D eigenvalue weighted by Crippen LogP contribution is 2.31. The largest absolute Gasteiger partial charge is 0.337 e. The average molecular weight is 201 g/mol. The van der Waals surface area contributed by atoms with E-state index in [0.717, 1.165) is 12.1 Å². The fraction of sp³-hybridized carbons (Fsp3) is 0.462. The van der Waals surface area contributed by atoms with Crippen molar-refractivity contribution in [3.8, 4) is 0 Å². The number of carbonyl (C=O) groups excluding carboxylic acids is 1. The van der Waals surface area contributed by atoms with Crippen molar-refractivity contribution < 1.29 is 4.79 Å². The van der Waals surface area contributed by atoms with E-state index >= 15 is 0 Å². The van der Waals surface area contributed by atoms with Gasteiger partial charge in [-0.25, -0.2) is 0 Å². The molecular weight excluding hydrogens is 186 g/mol. The predicted molar refractivity (Wildman–Crippen MR) is 58.9 cm³/mol. The molecule has 1 aliphatic carbocycles. The maximum atomic E-state index is 11.8. The van der Waals surface area contributed by atoms with E-state index in [9.17, 15) is 4.79 Å². The molecule has 0 aromatic heterocycles. The van der Waals surface area contributed by atoms with Gasteiger partial charge in [0.05, 0.1) is 0 Å². The van der Waals surface area contributed by atoms with Crippen molar-refractivity contribution in [2.24, 2.45) is 0 Å². The third kappa shape index (κ3) is 1.21. The Balaban J connectivity index is 2.17. The number of carbonyl (C=O) groups is 1. The minimum atomic E-state index is 0.193. The second-order valence-electron chi connectivity index (χ2n) is 4.60. The fourth-order valence-electron chi connectivity index (χ4n) is 2.80. The molecule has 0 fully saturated rings. The first-order chi connectivity index (χ1) is 7.27. The van der Waals surface area contributed by atoms with Gasteiger partial charge in [0.25, 0.3) is 5.91 Å². The van der Waals surface area contributed by atoms with Gasteiger partial charge < -0.3 is 4.90 Å². The summed E-state index contributed by atoms with van der Waals surface area (Å²) in [4.78, 5) is 13.6. The number of fused-ring (bicyclic) bond motifs is 3. The second-order valence-corrected chi connectivity index (χ2v) is 4.60. The number of nitrogens with zero attached hydrogens (tertiary/aromatic N) is 1. The third-order valence-corrected chi connectivity index (χ3v) is 3.62. The molecule has 2 nitrogen and oxygen atoms in total. The van der Waals surface area contributed by atoms with Crippen molar-refractivity contribution in [1.29, 1.82) is 0 Å². The molecule has 1 aromatic carbocycles. The zero-order valence-corrected chi connectivity index (χ0v) is 9.05. The van der Waals surface area contributed by atoms with Gasteiger partial charge >= 0.3 is 0 Å². The van der Waals surface area contributed by atoms with E-state index in [1.807, 2.05) is 18.0 Å². The van der Waals surface area contributed by atoms with Gasteiger partial charge in [0.1, 0.15) is 0 Å². The third-order valence-electron chi connectivity index (χ3n) is 3.62. The van der Waals surface area contributed by atoms with Crippen molar-refractivity contribution in [1.82, 2.24) is 4.90 Å². The van der Waals surface area contributed by atoms with E-state index in [4.69, 9.17) is 0 Å². The lowest BCUT2D eigenvalue weighted by Gasteiger charge is -2.18. The summed E-state index contributed by atoms with van der Waals surface area (Å²) in [5, 5.41) is 0. The second kappa shape index (κ2) is 3.09. The number of aryl methyl sites for hydroxylation is 1. The molecule has 15 heavy (non-hydrogen) atoms. The van der Waals surface area contributed by atoms with Crippen LogP contribution < -0.4 is 0 Å². The average Bonchev–Trinajstić information content (AvgIpc) is 2.56. The van der Waals surface area contributed by atoms with E-state index in [-0.39, 0.29) is 5.91 Å². The van der Waals surface area contributed by atoms with Crippen LogP contribution in [0.2, 0.25) is 0 Å². The zero-order chi connectivity index (χ0) is 10.4. The molecular formula is C13H15NO. The Kier molecular flexibility index (Phi) is 1.84. The smallest absolute Gasteiger partial charge is 0.254 e. The van der Waals surface area contributed by atoms with Crippen molar-refractivity contribution in [3.05, 3.63) is 34.4 Å². The lowest BCUT2D eigenvalue weighted by Crippen LogP contribution is -2.17. The lowest BCUT2D eigenvalue weighted by atomic mass is 9.87. The Morgan fingerprint density at radius 2 is 1.93 bits per heavy atom. The van der Waals surface area contributed by atoms with Crippen LogP contribution in [-0.2, 0) is 19.4 Å². The Labute approximate surface area is 89.9 Å². The summed E-state index contributed by atoms with van der Waals surface area (Å²) in [5.74, 6) is 0.193. The molecule has 2 aliphatic rings. The first kappa shape index (κ1) is 8.96. The molecule has 0 saturated heterocycles.